The Bertz CT molecular complexity index is 480. The predicted molar refractivity (Wildman–Crippen MR) is 65.7 cm³/mol. The van der Waals surface area contributed by atoms with Crippen LogP contribution in [0.15, 0.2) is 68.4 Å². The predicted octanol–water partition coefficient (Wildman–Crippen LogP) is 3.63. The van der Waals surface area contributed by atoms with E-state index < -0.39 is 5.16 Å². The summed E-state index contributed by atoms with van der Waals surface area (Å²) in [7, 11) is 2.75. The normalized spacial score (nSPS) is 11.8. The van der Waals surface area contributed by atoms with E-state index in [0.29, 0.717) is 0 Å². The van der Waals surface area contributed by atoms with Crippen LogP contribution in [0.5, 0.6) is 0 Å². The Morgan fingerprint density at radius 2 is 1.06 bits per heavy atom. The molecule has 0 bridgehead atoms. The van der Waals surface area contributed by atoms with Crippen molar-refractivity contribution in [2.45, 2.75) is 5.16 Å². The molecule has 3 heterocycles. The number of rotatable bonds is 3. The van der Waals surface area contributed by atoms with Crippen molar-refractivity contribution in [3.05, 3.63) is 72.5 Å². The molecule has 4 heteroatoms. The van der Waals surface area contributed by atoms with Crippen LogP contribution in [0.2, 0.25) is 0 Å². The third kappa shape index (κ3) is 1.55. The molecule has 0 radical (unpaired) electrons. The minimum atomic E-state index is -0.615. The molecule has 0 amide bonds. The highest BCUT2D eigenvalue weighted by atomic mass is 31.0. The van der Waals surface area contributed by atoms with Crippen LogP contribution >= 0.6 is 9.24 Å². The van der Waals surface area contributed by atoms with Gasteiger partial charge in [0.15, 0.2) is 5.16 Å². The van der Waals surface area contributed by atoms with Crippen LogP contribution in [-0.2, 0) is 5.16 Å². The maximum atomic E-state index is 5.51. The van der Waals surface area contributed by atoms with Gasteiger partial charge >= 0.3 is 0 Å². The highest BCUT2D eigenvalue weighted by Crippen LogP contribution is 2.45. The SMILES string of the molecule is PC(c1ccco1)(c1ccco1)c1ccco1. The van der Waals surface area contributed by atoms with Gasteiger partial charge in [-0.05, 0) is 36.4 Å². The van der Waals surface area contributed by atoms with Crippen LogP contribution in [0.4, 0.5) is 0 Å². The van der Waals surface area contributed by atoms with Gasteiger partial charge in [-0.15, -0.1) is 9.24 Å². The van der Waals surface area contributed by atoms with Gasteiger partial charge in [0.1, 0.15) is 17.3 Å². The first-order valence-corrected chi connectivity index (χ1v) is 5.80. The summed E-state index contributed by atoms with van der Waals surface area (Å²) < 4.78 is 16.5. The van der Waals surface area contributed by atoms with E-state index in [9.17, 15) is 0 Å². The Morgan fingerprint density at radius 1 is 0.706 bits per heavy atom. The maximum Gasteiger partial charge on any atom is 0.157 e. The van der Waals surface area contributed by atoms with E-state index in [4.69, 9.17) is 13.3 Å². The van der Waals surface area contributed by atoms with Gasteiger partial charge in [0.2, 0.25) is 0 Å². The van der Waals surface area contributed by atoms with Gasteiger partial charge in [-0.1, -0.05) is 0 Å². The monoisotopic (exact) mass is 246 g/mol. The first kappa shape index (κ1) is 10.4. The van der Waals surface area contributed by atoms with Crippen LogP contribution < -0.4 is 0 Å². The van der Waals surface area contributed by atoms with Crippen LogP contribution in [-0.4, -0.2) is 0 Å². The minimum Gasteiger partial charge on any atom is -0.467 e. The fraction of sp³-hybridized carbons (Fsp3) is 0.0769. The molecule has 3 aromatic heterocycles. The summed E-state index contributed by atoms with van der Waals surface area (Å²) in [6.45, 7) is 0. The van der Waals surface area contributed by atoms with Crippen molar-refractivity contribution < 1.29 is 13.3 Å². The Morgan fingerprint density at radius 3 is 1.29 bits per heavy atom. The zero-order valence-electron chi connectivity index (χ0n) is 9.00. The quantitative estimate of drug-likeness (QED) is 0.662. The standard InChI is InChI=1S/C13H11O3P/c17-13(10-4-1-7-14-10,11-5-2-8-15-11)12-6-3-9-16-12/h1-9H,17H2. The average Bonchev–Trinajstić information content (AvgIpc) is 3.10. The first-order valence-electron chi connectivity index (χ1n) is 5.22. The van der Waals surface area contributed by atoms with Gasteiger partial charge in [-0.25, -0.2) is 0 Å². The molecule has 0 aliphatic heterocycles. The van der Waals surface area contributed by atoms with Crippen molar-refractivity contribution in [3.8, 4) is 0 Å². The molecule has 1 atom stereocenters. The zero-order chi connectivity index (χ0) is 11.7. The molecule has 17 heavy (non-hydrogen) atoms. The van der Waals surface area contributed by atoms with Crippen molar-refractivity contribution in [2.75, 3.05) is 0 Å². The molecular weight excluding hydrogens is 235 g/mol. The molecule has 0 aromatic carbocycles. The second-order valence-corrected chi connectivity index (χ2v) is 4.61. The number of hydrogen-bond donors (Lipinski definition) is 0. The summed E-state index contributed by atoms with van der Waals surface area (Å²) in [4.78, 5) is 0. The zero-order valence-corrected chi connectivity index (χ0v) is 10.2. The van der Waals surface area contributed by atoms with Gasteiger partial charge in [0.25, 0.3) is 0 Å². The van der Waals surface area contributed by atoms with E-state index in [0.717, 1.165) is 17.3 Å². The average molecular weight is 246 g/mol. The molecule has 0 fully saturated rings. The largest absolute Gasteiger partial charge is 0.467 e. The first-order chi connectivity index (χ1) is 8.32. The van der Waals surface area contributed by atoms with Crippen LogP contribution in [0, 0.1) is 0 Å². The third-order valence-electron chi connectivity index (χ3n) is 2.73. The Kier molecular flexibility index (Phi) is 2.41. The lowest BCUT2D eigenvalue weighted by Gasteiger charge is -2.22. The third-order valence-corrected chi connectivity index (χ3v) is 3.58. The Hall–Kier alpha value is -1.73. The molecule has 3 aromatic rings. The van der Waals surface area contributed by atoms with Gasteiger partial charge in [0, 0.05) is 0 Å². The molecule has 0 saturated carbocycles. The highest BCUT2D eigenvalue weighted by Gasteiger charge is 2.39. The highest BCUT2D eigenvalue weighted by molar-refractivity contribution is 7.19. The van der Waals surface area contributed by atoms with Crippen molar-refractivity contribution in [1.29, 1.82) is 0 Å². The Balaban J connectivity index is 2.21. The summed E-state index contributed by atoms with van der Waals surface area (Å²) in [5.41, 5.74) is 0. The fourth-order valence-electron chi connectivity index (χ4n) is 1.87. The summed E-state index contributed by atoms with van der Waals surface area (Å²) in [6.07, 6.45) is 4.92. The molecule has 3 rings (SSSR count). The molecule has 3 nitrogen and oxygen atoms in total. The van der Waals surface area contributed by atoms with Crippen molar-refractivity contribution >= 4 is 9.24 Å². The van der Waals surface area contributed by atoms with E-state index in [1.54, 1.807) is 18.8 Å². The maximum absolute atomic E-state index is 5.51. The fourth-order valence-corrected chi connectivity index (χ4v) is 2.37. The van der Waals surface area contributed by atoms with E-state index in [1.165, 1.54) is 0 Å². The Labute approximate surface area is 101 Å². The van der Waals surface area contributed by atoms with Gasteiger partial charge in [-0.2, -0.15) is 0 Å². The van der Waals surface area contributed by atoms with Crippen LogP contribution in [0.3, 0.4) is 0 Å². The second-order valence-electron chi connectivity index (χ2n) is 3.74. The lowest BCUT2D eigenvalue weighted by atomic mass is 9.99. The molecule has 0 spiro atoms. The smallest absolute Gasteiger partial charge is 0.157 e. The molecule has 0 aliphatic rings. The molecule has 0 aliphatic carbocycles. The lowest BCUT2D eigenvalue weighted by molar-refractivity contribution is 0.386. The molecule has 0 N–H and O–H groups in total. The van der Waals surface area contributed by atoms with E-state index in [-0.39, 0.29) is 0 Å². The van der Waals surface area contributed by atoms with Crippen LogP contribution in [0.1, 0.15) is 17.3 Å². The van der Waals surface area contributed by atoms with Gasteiger partial charge in [0.05, 0.1) is 18.8 Å². The van der Waals surface area contributed by atoms with E-state index in [2.05, 4.69) is 9.24 Å². The lowest BCUT2D eigenvalue weighted by Crippen LogP contribution is -2.19. The second kappa shape index (κ2) is 3.94. The molecule has 0 saturated heterocycles. The minimum absolute atomic E-state index is 0.615. The molecular formula is C13H11O3P. The summed E-state index contributed by atoms with van der Waals surface area (Å²) in [5, 5.41) is -0.615. The van der Waals surface area contributed by atoms with E-state index >= 15 is 0 Å². The van der Waals surface area contributed by atoms with Crippen molar-refractivity contribution in [3.63, 3.8) is 0 Å². The topological polar surface area (TPSA) is 39.4 Å². The van der Waals surface area contributed by atoms with Crippen LogP contribution in [0.25, 0.3) is 0 Å². The molecule has 86 valence electrons. The van der Waals surface area contributed by atoms with Crippen molar-refractivity contribution in [2.24, 2.45) is 0 Å². The summed E-state index contributed by atoms with van der Waals surface area (Å²) in [6, 6.07) is 11.2. The molecule has 1 unspecified atom stereocenters. The van der Waals surface area contributed by atoms with E-state index in [1.807, 2.05) is 36.4 Å². The summed E-state index contributed by atoms with van der Waals surface area (Å²) >= 11 is 0. The van der Waals surface area contributed by atoms with Crippen molar-refractivity contribution in [1.82, 2.24) is 0 Å². The van der Waals surface area contributed by atoms with Gasteiger partial charge < -0.3 is 13.3 Å². The number of furan rings is 3. The number of hydrogen-bond acceptors (Lipinski definition) is 3. The summed E-state index contributed by atoms with van der Waals surface area (Å²) in [5.74, 6) is 2.27. The van der Waals surface area contributed by atoms with Gasteiger partial charge in [-0.3, -0.25) is 0 Å².